The molecule has 0 aliphatic carbocycles. The molecular formula is C16H17N5O3. The maximum absolute atomic E-state index is 12.2. The highest BCUT2D eigenvalue weighted by Gasteiger charge is 2.14. The van der Waals surface area contributed by atoms with Crippen LogP contribution in [0.1, 0.15) is 16.4 Å². The number of ether oxygens (including phenoxy) is 1. The molecule has 0 saturated carbocycles. The van der Waals surface area contributed by atoms with Gasteiger partial charge in [0.05, 0.1) is 13.7 Å². The van der Waals surface area contributed by atoms with E-state index >= 15 is 0 Å². The van der Waals surface area contributed by atoms with Crippen molar-refractivity contribution in [3.8, 4) is 6.01 Å². The van der Waals surface area contributed by atoms with Crippen LogP contribution in [-0.4, -0.2) is 42.1 Å². The molecule has 0 unspecified atom stereocenters. The van der Waals surface area contributed by atoms with Crippen LogP contribution in [0.25, 0.3) is 11.0 Å². The van der Waals surface area contributed by atoms with Crippen LogP contribution in [0.15, 0.2) is 34.7 Å². The molecule has 2 heterocycles. The van der Waals surface area contributed by atoms with E-state index in [0.717, 1.165) is 5.39 Å². The number of aromatic nitrogens is 3. The van der Waals surface area contributed by atoms with Crippen molar-refractivity contribution in [1.82, 2.24) is 20.3 Å². The maximum Gasteiger partial charge on any atom is 0.321 e. The van der Waals surface area contributed by atoms with E-state index < -0.39 is 0 Å². The number of anilines is 1. The van der Waals surface area contributed by atoms with Gasteiger partial charge in [-0.15, -0.1) is 0 Å². The minimum atomic E-state index is -0.336. The Balaban J connectivity index is 1.75. The number of fused-ring (bicyclic) bond motifs is 1. The molecule has 0 bridgehead atoms. The summed E-state index contributed by atoms with van der Waals surface area (Å²) in [7, 11) is 5.10. The van der Waals surface area contributed by atoms with Crippen molar-refractivity contribution in [2.45, 2.75) is 6.54 Å². The van der Waals surface area contributed by atoms with Crippen molar-refractivity contribution >= 4 is 22.8 Å². The topological polar surface area (TPSA) is 93.4 Å². The minimum Gasteiger partial charge on any atom is -0.467 e. The van der Waals surface area contributed by atoms with Gasteiger partial charge in [0.15, 0.2) is 11.6 Å². The van der Waals surface area contributed by atoms with Crippen molar-refractivity contribution in [2.24, 2.45) is 0 Å². The van der Waals surface area contributed by atoms with Crippen molar-refractivity contribution < 1.29 is 13.9 Å². The molecule has 3 rings (SSSR count). The summed E-state index contributed by atoms with van der Waals surface area (Å²) in [4.78, 5) is 26.5. The molecule has 1 N–H and O–H groups in total. The maximum atomic E-state index is 12.2. The number of nitrogens with one attached hydrogen (secondary N) is 1. The number of methoxy groups -OCH3 is 1. The summed E-state index contributed by atoms with van der Waals surface area (Å²) in [5, 5.41) is 3.61. The summed E-state index contributed by atoms with van der Waals surface area (Å²) in [6, 6.07) is 9.33. The molecule has 0 aliphatic rings. The fraction of sp³-hybridized carbons (Fsp3) is 0.250. The number of hydrogen-bond donors (Lipinski definition) is 1. The molecule has 24 heavy (non-hydrogen) atoms. The van der Waals surface area contributed by atoms with Crippen LogP contribution >= 0.6 is 0 Å². The van der Waals surface area contributed by atoms with E-state index in [1.807, 2.05) is 38.4 Å². The third-order valence-corrected chi connectivity index (χ3v) is 3.29. The normalized spacial score (nSPS) is 10.6. The highest BCUT2D eigenvalue weighted by molar-refractivity contribution is 5.95. The van der Waals surface area contributed by atoms with Gasteiger partial charge in [-0.2, -0.15) is 15.0 Å². The number of rotatable bonds is 5. The van der Waals surface area contributed by atoms with Crippen LogP contribution in [0.2, 0.25) is 0 Å². The molecule has 0 saturated heterocycles. The number of amides is 1. The van der Waals surface area contributed by atoms with E-state index in [-0.39, 0.29) is 24.2 Å². The first-order chi connectivity index (χ1) is 11.6. The number of para-hydroxylation sites is 1. The van der Waals surface area contributed by atoms with Crippen LogP contribution in [0, 0.1) is 0 Å². The van der Waals surface area contributed by atoms with Gasteiger partial charge in [-0.25, -0.2) is 0 Å². The largest absolute Gasteiger partial charge is 0.467 e. The van der Waals surface area contributed by atoms with Gasteiger partial charge in [-0.05, 0) is 12.1 Å². The SMILES string of the molecule is COc1nc(CNC(=O)c2cc3ccccc3o2)nc(N(C)C)n1. The summed E-state index contributed by atoms with van der Waals surface area (Å²) < 4.78 is 10.6. The van der Waals surface area contributed by atoms with E-state index in [0.29, 0.717) is 17.4 Å². The first-order valence-corrected chi connectivity index (χ1v) is 7.30. The second-order valence-electron chi connectivity index (χ2n) is 5.26. The number of furan rings is 1. The Bertz CT molecular complexity index is 842. The lowest BCUT2D eigenvalue weighted by molar-refractivity contribution is 0.0924. The van der Waals surface area contributed by atoms with Crippen LogP contribution in [0.3, 0.4) is 0 Å². The molecule has 1 amide bonds. The van der Waals surface area contributed by atoms with E-state index in [2.05, 4.69) is 20.3 Å². The van der Waals surface area contributed by atoms with Gasteiger partial charge >= 0.3 is 6.01 Å². The lowest BCUT2D eigenvalue weighted by atomic mass is 10.2. The molecule has 0 spiro atoms. The number of carbonyl (C=O) groups excluding carboxylic acids is 1. The molecule has 0 radical (unpaired) electrons. The van der Waals surface area contributed by atoms with Crippen LogP contribution < -0.4 is 15.0 Å². The third-order valence-electron chi connectivity index (χ3n) is 3.29. The fourth-order valence-corrected chi connectivity index (χ4v) is 2.10. The Morgan fingerprint density at radius 3 is 2.75 bits per heavy atom. The van der Waals surface area contributed by atoms with Crippen molar-refractivity contribution in [3.63, 3.8) is 0 Å². The molecule has 124 valence electrons. The Morgan fingerprint density at radius 2 is 2.04 bits per heavy atom. The molecule has 8 nitrogen and oxygen atoms in total. The van der Waals surface area contributed by atoms with E-state index in [4.69, 9.17) is 9.15 Å². The van der Waals surface area contributed by atoms with Crippen molar-refractivity contribution in [1.29, 1.82) is 0 Å². The highest BCUT2D eigenvalue weighted by Crippen LogP contribution is 2.18. The molecule has 0 fully saturated rings. The summed E-state index contributed by atoms with van der Waals surface area (Å²) in [6.07, 6.45) is 0. The van der Waals surface area contributed by atoms with Gasteiger partial charge in [0.1, 0.15) is 5.58 Å². The smallest absolute Gasteiger partial charge is 0.321 e. The van der Waals surface area contributed by atoms with Gasteiger partial charge in [-0.1, -0.05) is 18.2 Å². The number of hydrogen-bond acceptors (Lipinski definition) is 7. The second-order valence-corrected chi connectivity index (χ2v) is 5.26. The number of carbonyl (C=O) groups is 1. The molecular weight excluding hydrogens is 310 g/mol. The van der Waals surface area contributed by atoms with Crippen LogP contribution in [0.4, 0.5) is 5.95 Å². The summed E-state index contributed by atoms with van der Waals surface area (Å²) in [5.74, 6) is 0.756. The standard InChI is InChI=1S/C16H17N5O3/c1-21(2)15-18-13(19-16(20-15)23-3)9-17-14(22)12-8-10-6-4-5-7-11(10)24-12/h4-8H,9H2,1-3H3,(H,17,22). The van der Waals surface area contributed by atoms with E-state index in [1.165, 1.54) is 7.11 Å². The van der Waals surface area contributed by atoms with Crippen LogP contribution in [-0.2, 0) is 6.54 Å². The zero-order valence-corrected chi connectivity index (χ0v) is 13.6. The highest BCUT2D eigenvalue weighted by atomic mass is 16.5. The third kappa shape index (κ3) is 3.27. The minimum absolute atomic E-state index is 0.135. The molecule has 0 aliphatic heterocycles. The van der Waals surface area contributed by atoms with Gasteiger partial charge in [0.25, 0.3) is 5.91 Å². The monoisotopic (exact) mass is 327 g/mol. The zero-order chi connectivity index (χ0) is 17.1. The first kappa shape index (κ1) is 15.7. The number of nitrogens with zero attached hydrogens (tertiary/aromatic N) is 4. The Morgan fingerprint density at radius 1 is 1.25 bits per heavy atom. The predicted octanol–water partition coefficient (Wildman–Crippen LogP) is 1.62. The van der Waals surface area contributed by atoms with Gasteiger partial charge in [-0.3, -0.25) is 4.79 Å². The lowest BCUT2D eigenvalue weighted by Gasteiger charge is -2.12. The first-order valence-electron chi connectivity index (χ1n) is 7.30. The van der Waals surface area contributed by atoms with E-state index in [9.17, 15) is 4.79 Å². The molecule has 8 heteroatoms. The van der Waals surface area contributed by atoms with Crippen LogP contribution in [0.5, 0.6) is 6.01 Å². The second kappa shape index (κ2) is 6.53. The van der Waals surface area contributed by atoms with Gasteiger partial charge < -0.3 is 19.4 Å². The summed E-state index contributed by atoms with van der Waals surface area (Å²) >= 11 is 0. The van der Waals surface area contributed by atoms with Crippen molar-refractivity contribution in [2.75, 3.05) is 26.1 Å². The average molecular weight is 327 g/mol. The molecule has 2 aromatic heterocycles. The molecule has 0 atom stereocenters. The Hall–Kier alpha value is -3.16. The average Bonchev–Trinajstić information content (AvgIpc) is 3.03. The summed E-state index contributed by atoms with van der Waals surface area (Å²) in [5.41, 5.74) is 0.666. The predicted molar refractivity (Wildman–Crippen MR) is 88.1 cm³/mol. The van der Waals surface area contributed by atoms with Crippen molar-refractivity contribution in [3.05, 3.63) is 41.9 Å². The fourth-order valence-electron chi connectivity index (χ4n) is 2.10. The zero-order valence-electron chi connectivity index (χ0n) is 13.6. The Labute approximate surface area is 138 Å². The molecule has 3 aromatic rings. The lowest BCUT2D eigenvalue weighted by Crippen LogP contribution is -2.24. The van der Waals surface area contributed by atoms with E-state index in [1.54, 1.807) is 11.0 Å². The quantitative estimate of drug-likeness (QED) is 0.761. The molecule has 1 aromatic carbocycles. The Kier molecular flexibility index (Phi) is 4.28. The number of benzene rings is 1. The van der Waals surface area contributed by atoms with Gasteiger partial charge in [0, 0.05) is 19.5 Å². The van der Waals surface area contributed by atoms with Gasteiger partial charge in [0.2, 0.25) is 5.95 Å². The summed E-state index contributed by atoms with van der Waals surface area (Å²) in [6.45, 7) is 0.135.